The molecular weight excluding hydrogens is 486 g/mol. The number of halogens is 1. The number of carbonyl (C=O) groups is 2. The number of para-hydroxylation sites is 1. The van der Waals surface area contributed by atoms with Crippen LogP contribution in [0.2, 0.25) is 5.02 Å². The zero-order chi connectivity index (χ0) is 25.4. The number of benzene rings is 3. The highest BCUT2D eigenvalue weighted by Gasteiger charge is 2.32. The molecule has 1 atom stereocenters. The number of rotatable bonds is 10. The summed E-state index contributed by atoms with van der Waals surface area (Å²) in [5.74, 6) is -0.839. The van der Waals surface area contributed by atoms with Crippen molar-refractivity contribution >= 4 is 39.1 Å². The third-order valence-corrected chi connectivity index (χ3v) is 7.48. The van der Waals surface area contributed by atoms with E-state index in [4.69, 9.17) is 11.6 Å². The maximum atomic E-state index is 13.6. The molecular formula is C26H28ClN3O4S. The van der Waals surface area contributed by atoms with Gasteiger partial charge in [-0.1, -0.05) is 60.1 Å². The Bertz CT molecular complexity index is 1240. The van der Waals surface area contributed by atoms with E-state index in [1.54, 1.807) is 86.6 Å². The molecule has 2 amide bonds. The maximum Gasteiger partial charge on any atom is 0.264 e. The summed E-state index contributed by atoms with van der Waals surface area (Å²) in [6.07, 6.45) is 0. The van der Waals surface area contributed by atoms with E-state index in [9.17, 15) is 18.0 Å². The summed E-state index contributed by atoms with van der Waals surface area (Å²) < 4.78 is 28.2. The van der Waals surface area contributed by atoms with Crippen molar-refractivity contribution in [2.75, 3.05) is 17.4 Å². The van der Waals surface area contributed by atoms with E-state index < -0.39 is 28.5 Å². The molecule has 0 saturated heterocycles. The molecule has 0 unspecified atom stereocenters. The Morgan fingerprint density at radius 3 is 2.06 bits per heavy atom. The highest BCUT2D eigenvalue weighted by atomic mass is 35.5. The van der Waals surface area contributed by atoms with Gasteiger partial charge in [0, 0.05) is 18.1 Å². The Labute approximate surface area is 211 Å². The first-order chi connectivity index (χ1) is 16.7. The molecule has 3 aromatic carbocycles. The Morgan fingerprint density at radius 1 is 0.914 bits per heavy atom. The van der Waals surface area contributed by atoms with Gasteiger partial charge >= 0.3 is 0 Å². The van der Waals surface area contributed by atoms with Crippen molar-refractivity contribution in [2.24, 2.45) is 0 Å². The van der Waals surface area contributed by atoms with Crippen molar-refractivity contribution in [3.05, 3.63) is 95.5 Å². The van der Waals surface area contributed by atoms with Gasteiger partial charge in [-0.3, -0.25) is 13.9 Å². The lowest BCUT2D eigenvalue weighted by atomic mass is 10.1. The largest absolute Gasteiger partial charge is 0.355 e. The smallest absolute Gasteiger partial charge is 0.264 e. The SMILES string of the molecule is CCNC(=O)[C@@H](C)N(Cc1ccc(Cl)cc1)C(=O)CN(c1ccccc1)S(=O)(=O)c1ccccc1. The number of hydrogen-bond donors (Lipinski definition) is 1. The maximum absolute atomic E-state index is 13.6. The molecule has 0 aliphatic carbocycles. The summed E-state index contributed by atoms with van der Waals surface area (Å²) in [5.41, 5.74) is 1.11. The molecule has 0 spiro atoms. The van der Waals surface area contributed by atoms with Gasteiger partial charge in [-0.2, -0.15) is 0 Å². The van der Waals surface area contributed by atoms with Crippen LogP contribution in [0.4, 0.5) is 5.69 Å². The van der Waals surface area contributed by atoms with Crippen LogP contribution >= 0.6 is 11.6 Å². The molecule has 3 aromatic rings. The van der Waals surface area contributed by atoms with Crippen LogP contribution in [-0.4, -0.2) is 44.3 Å². The van der Waals surface area contributed by atoms with E-state index in [0.29, 0.717) is 17.3 Å². The lowest BCUT2D eigenvalue weighted by molar-refractivity contribution is -0.139. The Hall–Kier alpha value is -3.36. The van der Waals surface area contributed by atoms with E-state index in [0.717, 1.165) is 9.87 Å². The van der Waals surface area contributed by atoms with Crippen LogP contribution in [0.3, 0.4) is 0 Å². The molecule has 1 N–H and O–H groups in total. The van der Waals surface area contributed by atoms with Gasteiger partial charge in [0.1, 0.15) is 12.6 Å². The molecule has 9 heteroatoms. The highest BCUT2D eigenvalue weighted by Crippen LogP contribution is 2.24. The van der Waals surface area contributed by atoms with Gasteiger partial charge in [0.25, 0.3) is 10.0 Å². The highest BCUT2D eigenvalue weighted by molar-refractivity contribution is 7.92. The monoisotopic (exact) mass is 513 g/mol. The standard InChI is InChI=1S/C26H28ClN3O4S/c1-3-28-26(32)20(2)29(18-21-14-16-22(27)17-15-21)25(31)19-30(23-10-6-4-7-11-23)35(33,34)24-12-8-5-9-13-24/h4-17,20H,3,18-19H2,1-2H3,(H,28,32)/t20-/m1/s1. The minimum atomic E-state index is -4.05. The van der Waals surface area contributed by atoms with Crippen LogP contribution in [0, 0.1) is 0 Å². The Balaban J connectivity index is 1.98. The summed E-state index contributed by atoms with van der Waals surface area (Å²) in [6, 6.07) is 22.5. The van der Waals surface area contributed by atoms with Gasteiger partial charge in [0.15, 0.2) is 0 Å². The first-order valence-electron chi connectivity index (χ1n) is 11.2. The first kappa shape index (κ1) is 26.2. The molecule has 35 heavy (non-hydrogen) atoms. The van der Waals surface area contributed by atoms with Crippen LogP contribution in [0.5, 0.6) is 0 Å². The average molecular weight is 514 g/mol. The van der Waals surface area contributed by atoms with Gasteiger partial charge in [0.2, 0.25) is 11.8 Å². The van der Waals surface area contributed by atoms with Crippen molar-refractivity contribution in [1.82, 2.24) is 10.2 Å². The van der Waals surface area contributed by atoms with E-state index >= 15 is 0 Å². The average Bonchev–Trinajstić information content (AvgIpc) is 2.87. The predicted molar refractivity (Wildman–Crippen MR) is 138 cm³/mol. The van der Waals surface area contributed by atoms with Crippen molar-refractivity contribution in [2.45, 2.75) is 31.3 Å². The predicted octanol–water partition coefficient (Wildman–Crippen LogP) is 4.09. The summed E-state index contributed by atoms with van der Waals surface area (Å²) in [7, 11) is -4.05. The minimum Gasteiger partial charge on any atom is -0.355 e. The molecule has 7 nitrogen and oxygen atoms in total. The summed E-state index contributed by atoms with van der Waals surface area (Å²) in [4.78, 5) is 27.7. The van der Waals surface area contributed by atoms with Crippen molar-refractivity contribution < 1.29 is 18.0 Å². The molecule has 3 rings (SSSR count). The van der Waals surface area contributed by atoms with Crippen LogP contribution in [-0.2, 0) is 26.2 Å². The normalized spacial score (nSPS) is 12.0. The van der Waals surface area contributed by atoms with Gasteiger partial charge < -0.3 is 10.2 Å². The summed E-state index contributed by atoms with van der Waals surface area (Å²) in [5, 5.41) is 3.28. The number of amides is 2. The quantitative estimate of drug-likeness (QED) is 0.442. The second-order valence-corrected chi connectivity index (χ2v) is 10.2. The summed E-state index contributed by atoms with van der Waals surface area (Å²) in [6.45, 7) is 3.46. The van der Waals surface area contributed by atoms with Gasteiger partial charge in [-0.05, 0) is 55.8 Å². The van der Waals surface area contributed by atoms with E-state index in [1.807, 2.05) is 0 Å². The van der Waals surface area contributed by atoms with E-state index in [1.165, 1.54) is 17.0 Å². The third kappa shape index (κ3) is 6.61. The molecule has 0 heterocycles. The Kier molecular flexibility index (Phi) is 8.89. The second-order valence-electron chi connectivity index (χ2n) is 7.88. The number of anilines is 1. The topological polar surface area (TPSA) is 86.8 Å². The van der Waals surface area contributed by atoms with E-state index in [2.05, 4.69) is 5.32 Å². The number of hydrogen-bond acceptors (Lipinski definition) is 4. The number of likely N-dealkylation sites (N-methyl/N-ethyl adjacent to an activating group) is 1. The second kappa shape index (κ2) is 11.9. The minimum absolute atomic E-state index is 0.0673. The number of sulfonamides is 1. The van der Waals surface area contributed by atoms with Gasteiger partial charge in [-0.15, -0.1) is 0 Å². The van der Waals surface area contributed by atoms with Crippen molar-refractivity contribution in [3.8, 4) is 0 Å². The fourth-order valence-electron chi connectivity index (χ4n) is 3.53. The fraction of sp³-hybridized carbons (Fsp3) is 0.231. The van der Waals surface area contributed by atoms with Crippen LogP contribution < -0.4 is 9.62 Å². The summed E-state index contributed by atoms with van der Waals surface area (Å²) >= 11 is 5.99. The molecule has 0 radical (unpaired) electrons. The van der Waals surface area contributed by atoms with Crippen molar-refractivity contribution in [1.29, 1.82) is 0 Å². The lowest BCUT2D eigenvalue weighted by Crippen LogP contribution is -2.51. The molecule has 0 saturated carbocycles. The lowest BCUT2D eigenvalue weighted by Gasteiger charge is -2.32. The molecule has 0 aliphatic rings. The third-order valence-electron chi connectivity index (χ3n) is 5.44. The molecule has 0 aliphatic heterocycles. The zero-order valence-corrected chi connectivity index (χ0v) is 21.2. The molecule has 0 bridgehead atoms. The number of carbonyl (C=O) groups excluding carboxylic acids is 2. The van der Waals surface area contributed by atoms with Gasteiger partial charge in [-0.25, -0.2) is 8.42 Å². The van der Waals surface area contributed by atoms with Gasteiger partial charge in [0.05, 0.1) is 10.6 Å². The zero-order valence-electron chi connectivity index (χ0n) is 19.6. The fourth-order valence-corrected chi connectivity index (χ4v) is 5.09. The van der Waals surface area contributed by atoms with Crippen LogP contribution in [0.1, 0.15) is 19.4 Å². The number of nitrogens with one attached hydrogen (secondary N) is 1. The van der Waals surface area contributed by atoms with Crippen LogP contribution in [0.25, 0.3) is 0 Å². The van der Waals surface area contributed by atoms with Crippen LogP contribution in [0.15, 0.2) is 89.8 Å². The first-order valence-corrected chi connectivity index (χ1v) is 13.0. The molecule has 0 aromatic heterocycles. The van der Waals surface area contributed by atoms with Crippen molar-refractivity contribution in [3.63, 3.8) is 0 Å². The Morgan fingerprint density at radius 2 is 1.49 bits per heavy atom. The molecule has 0 fully saturated rings. The van der Waals surface area contributed by atoms with E-state index in [-0.39, 0.29) is 17.3 Å². The number of nitrogens with zero attached hydrogens (tertiary/aromatic N) is 2. The molecule has 184 valence electrons.